The Labute approximate surface area is 74.9 Å². The predicted octanol–water partition coefficient (Wildman–Crippen LogP) is 1.11. The molecule has 1 N–H and O–H groups in total. The van der Waals surface area contributed by atoms with Gasteiger partial charge >= 0.3 is 0 Å². The van der Waals surface area contributed by atoms with E-state index in [2.05, 4.69) is 0 Å². The van der Waals surface area contributed by atoms with Crippen LogP contribution in [0.4, 0.5) is 0 Å². The Hall–Kier alpha value is -0.860. The van der Waals surface area contributed by atoms with Gasteiger partial charge in [0.25, 0.3) is 0 Å². The summed E-state index contributed by atoms with van der Waals surface area (Å²) in [4.78, 5) is 1.80. The minimum atomic E-state index is -0.381. The van der Waals surface area contributed by atoms with E-state index >= 15 is 0 Å². The molecule has 1 aromatic rings. The van der Waals surface area contributed by atoms with Crippen molar-refractivity contribution >= 4 is 0 Å². The molecular weight excluding hydrogens is 150 g/mol. The zero-order valence-electron chi connectivity index (χ0n) is 8.27. The molecule has 0 saturated carbocycles. The topological polar surface area (TPSA) is 23.5 Å². The van der Waals surface area contributed by atoms with Crippen LogP contribution in [0.1, 0.15) is 6.93 Å². The molecule has 0 fully saturated rings. The average molecular weight is 166 g/mol. The van der Waals surface area contributed by atoms with Gasteiger partial charge in [0.2, 0.25) is 0 Å². The van der Waals surface area contributed by atoms with Crippen LogP contribution in [-0.2, 0) is 6.52 Å². The van der Waals surface area contributed by atoms with Crippen molar-refractivity contribution in [3.63, 3.8) is 0 Å². The van der Waals surface area contributed by atoms with Gasteiger partial charge in [-0.2, -0.15) is 0 Å². The third-order valence-electron chi connectivity index (χ3n) is 1.62. The van der Waals surface area contributed by atoms with E-state index in [1.807, 2.05) is 37.4 Å². The summed E-state index contributed by atoms with van der Waals surface area (Å²) in [5.74, 6) is 0. The smallest absolute Gasteiger partial charge is 0.0558 e. The van der Waals surface area contributed by atoms with Gasteiger partial charge in [-0.1, -0.05) is 30.3 Å². The van der Waals surface area contributed by atoms with E-state index in [4.69, 9.17) is 6.48 Å². The lowest BCUT2D eigenvalue weighted by molar-refractivity contribution is 0.217. The van der Waals surface area contributed by atoms with Crippen molar-refractivity contribution in [3.8, 4) is 0 Å². The van der Waals surface area contributed by atoms with E-state index in [9.17, 15) is 0 Å². The maximum atomic E-state index is 8.71. The fraction of sp³-hybridized carbons (Fsp3) is 0.400. The molecule has 0 aliphatic carbocycles. The summed E-state index contributed by atoms with van der Waals surface area (Å²) in [6, 6.07) is 9.62. The Kier molecular flexibility index (Phi) is 3.18. The first-order chi connectivity index (χ1) is 6.25. The van der Waals surface area contributed by atoms with Gasteiger partial charge in [0.05, 0.1) is 6.61 Å². The highest BCUT2D eigenvalue weighted by atomic mass is 16.3. The second-order valence-electron chi connectivity index (χ2n) is 2.74. The summed E-state index contributed by atoms with van der Waals surface area (Å²) in [6.45, 7) is 0.246. The van der Waals surface area contributed by atoms with Crippen molar-refractivity contribution in [1.29, 1.82) is 0 Å². The van der Waals surface area contributed by atoms with Crippen molar-refractivity contribution < 1.29 is 6.48 Å². The zero-order chi connectivity index (χ0) is 9.68. The molecule has 1 aromatic carbocycles. The van der Waals surface area contributed by atoms with Crippen LogP contribution in [-0.4, -0.2) is 30.2 Å². The van der Waals surface area contributed by atoms with Gasteiger partial charge < -0.3 is 5.11 Å². The largest absolute Gasteiger partial charge is 0.395 e. The lowest BCUT2D eigenvalue weighted by atomic mass is 10.2. The second-order valence-corrected chi connectivity index (χ2v) is 2.74. The molecule has 0 aliphatic rings. The molecule has 66 valence electrons. The van der Waals surface area contributed by atoms with Crippen LogP contribution < -0.4 is 0 Å². The maximum Gasteiger partial charge on any atom is 0.0558 e. The molecule has 0 aromatic heterocycles. The van der Waals surface area contributed by atoms with Crippen LogP contribution in [0.2, 0.25) is 0 Å². The normalized spacial score (nSPS) is 14.4. The number of hydrogen-bond donors (Lipinski definition) is 1. The third-order valence-corrected chi connectivity index (χ3v) is 1.62. The molecule has 0 bridgehead atoms. The van der Waals surface area contributed by atoms with Gasteiger partial charge in [-0.05, 0) is 12.6 Å². The predicted molar refractivity (Wildman–Crippen MR) is 49.9 cm³/mol. The quantitative estimate of drug-likeness (QED) is 0.724. The lowest BCUT2D eigenvalue weighted by Crippen LogP contribution is -2.21. The lowest BCUT2D eigenvalue weighted by Gasteiger charge is -2.14. The van der Waals surface area contributed by atoms with E-state index in [1.54, 1.807) is 4.90 Å². The van der Waals surface area contributed by atoms with Gasteiger partial charge in [0, 0.05) is 14.4 Å². The van der Waals surface area contributed by atoms with Crippen LogP contribution in [0.15, 0.2) is 30.3 Å². The summed E-state index contributed by atoms with van der Waals surface area (Å²) >= 11 is 0. The fourth-order valence-electron chi connectivity index (χ4n) is 1.02. The van der Waals surface area contributed by atoms with Crippen LogP contribution in [0.5, 0.6) is 0 Å². The van der Waals surface area contributed by atoms with Crippen molar-refractivity contribution in [2.75, 3.05) is 20.2 Å². The molecule has 0 heterocycles. The summed E-state index contributed by atoms with van der Waals surface area (Å²) in [5.41, 5.74) is 0.957. The number of likely N-dealkylation sites (N-methyl/N-ethyl adjacent to an activating group) is 1. The number of hydrogen-bond acceptors (Lipinski definition) is 2. The number of nitrogens with zero attached hydrogens (tertiary/aromatic N) is 1. The van der Waals surface area contributed by atoms with Gasteiger partial charge in [0.15, 0.2) is 0 Å². The summed E-state index contributed by atoms with van der Waals surface area (Å²) < 4.78 is 7.84. The number of benzene rings is 1. The first kappa shape index (κ1) is 7.77. The van der Waals surface area contributed by atoms with Gasteiger partial charge in [-0.15, -0.1) is 0 Å². The Morgan fingerprint density at radius 1 is 1.42 bits per heavy atom. The molecule has 1 atom stereocenters. The van der Waals surface area contributed by atoms with E-state index in [0.29, 0.717) is 6.54 Å². The van der Waals surface area contributed by atoms with Gasteiger partial charge in [-0.3, -0.25) is 4.90 Å². The molecule has 0 aliphatic heterocycles. The summed E-state index contributed by atoms with van der Waals surface area (Å²) in [7, 11) is 1.83. The molecular formula is C10H15NO. The third kappa shape index (κ3) is 3.03. The summed E-state index contributed by atoms with van der Waals surface area (Å²) in [6.07, 6.45) is 0. The number of aliphatic hydroxyl groups excluding tert-OH is 1. The van der Waals surface area contributed by atoms with Crippen molar-refractivity contribution in [2.45, 2.75) is 6.52 Å². The Balaban J connectivity index is 2.62. The summed E-state index contributed by atoms with van der Waals surface area (Å²) in [5, 5.41) is 8.71. The number of aliphatic hydroxyl groups is 1. The van der Waals surface area contributed by atoms with E-state index in [-0.39, 0.29) is 13.1 Å². The molecule has 12 heavy (non-hydrogen) atoms. The van der Waals surface area contributed by atoms with Gasteiger partial charge in [0.1, 0.15) is 0 Å². The molecule has 0 radical (unpaired) electrons. The molecule has 0 spiro atoms. The first-order valence-electron chi connectivity index (χ1n) is 4.61. The molecule has 0 amide bonds. The van der Waals surface area contributed by atoms with Crippen molar-refractivity contribution in [1.82, 2.24) is 4.90 Å². The Bertz CT molecular complexity index is 240. The van der Waals surface area contributed by atoms with Crippen LogP contribution in [0.25, 0.3) is 0 Å². The first-order valence-corrected chi connectivity index (χ1v) is 4.04. The molecule has 1 rings (SSSR count). The fourth-order valence-corrected chi connectivity index (χ4v) is 1.02. The molecule has 0 saturated heterocycles. The highest BCUT2D eigenvalue weighted by Gasteiger charge is 1.97. The Morgan fingerprint density at radius 2 is 2.08 bits per heavy atom. The van der Waals surface area contributed by atoms with E-state index in [1.165, 1.54) is 0 Å². The van der Waals surface area contributed by atoms with Crippen molar-refractivity contribution in [3.05, 3.63) is 35.9 Å². The van der Waals surface area contributed by atoms with Crippen LogP contribution >= 0.6 is 0 Å². The SMILES string of the molecule is [2H]C(c1ccccc1)N(C)CCO. The molecule has 1 unspecified atom stereocenters. The van der Waals surface area contributed by atoms with Gasteiger partial charge in [-0.25, -0.2) is 0 Å². The Morgan fingerprint density at radius 3 is 2.67 bits per heavy atom. The standard InChI is InChI=1S/C10H15NO/c1-11(7-8-12)9-10-5-3-2-4-6-10/h2-6,12H,7-9H2,1H3/i9D. The highest BCUT2D eigenvalue weighted by molar-refractivity contribution is 5.14. The minimum Gasteiger partial charge on any atom is -0.395 e. The highest BCUT2D eigenvalue weighted by Crippen LogP contribution is 2.01. The molecule has 2 heteroatoms. The van der Waals surface area contributed by atoms with Crippen LogP contribution in [0.3, 0.4) is 0 Å². The van der Waals surface area contributed by atoms with Crippen molar-refractivity contribution in [2.24, 2.45) is 0 Å². The zero-order valence-corrected chi connectivity index (χ0v) is 7.27. The van der Waals surface area contributed by atoms with E-state index in [0.717, 1.165) is 5.56 Å². The van der Waals surface area contributed by atoms with Crippen LogP contribution in [0, 0.1) is 0 Å². The van der Waals surface area contributed by atoms with E-state index < -0.39 is 0 Å². The maximum absolute atomic E-state index is 8.71. The molecule has 2 nitrogen and oxygen atoms in total. The monoisotopic (exact) mass is 166 g/mol. The number of rotatable bonds is 4. The minimum absolute atomic E-state index is 0.0959. The average Bonchev–Trinajstić information content (AvgIpc) is 2.18. The second kappa shape index (κ2) is 4.91.